The van der Waals surface area contributed by atoms with Crippen molar-refractivity contribution in [2.45, 2.75) is 39.2 Å². The summed E-state index contributed by atoms with van der Waals surface area (Å²) in [5.41, 5.74) is 0.357. The molecule has 5 nitrogen and oxygen atoms in total. The monoisotopic (exact) mass is 256 g/mol. The zero-order valence-electron chi connectivity index (χ0n) is 10.1. The van der Waals surface area contributed by atoms with Crippen molar-refractivity contribution in [3.8, 4) is 0 Å². The number of carbonyl (C=O) groups is 2. The molecular weight excluding hydrogens is 240 g/mol. The third kappa shape index (κ3) is 4.14. The molecule has 2 N–H and O–H groups in total. The second-order valence-corrected chi connectivity index (χ2v) is 5.09. The van der Waals surface area contributed by atoms with Crippen LogP contribution in [0.3, 0.4) is 0 Å². The summed E-state index contributed by atoms with van der Waals surface area (Å²) in [4.78, 5) is 26.4. The Morgan fingerprint density at radius 3 is 2.59 bits per heavy atom. The van der Waals surface area contributed by atoms with Crippen LogP contribution in [0, 0.1) is 0 Å². The van der Waals surface area contributed by atoms with E-state index in [9.17, 15) is 9.59 Å². The highest BCUT2D eigenvalue weighted by Crippen LogP contribution is 2.19. The summed E-state index contributed by atoms with van der Waals surface area (Å²) >= 11 is 1.44. The molecule has 1 aromatic rings. The van der Waals surface area contributed by atoms with Crippen LogP contribution in [-0.4, -0.2) is 28.0 Å². The van der Waals surface area contributed by atoms with Crippen LogP contribution < -0.4 is 5.32 Å². The first-order valence-electron chi connectivity index (χ1n) is 5.38. The van der Waals surface area contributed by atoms with E-state index in [1.807, 2.05) is 13.8 Å². The molecule has 0 radical (unpaired) electrons. The van der Waals surface area contributed by atoms with Crippen LogP contribution in [-0.2, 0) is 4.79 Å². The molecule has 0 aliphatic carbocycles. The van der Waals surface area contributed by atoms with Gasteiger partial charge in [-0.25, -0.2) is 4.98 Å². The summed E-state index contributed by atoms with van der Waals surface area (Å²) in [7, 11) is 0. The standard InChI is InChI=1S/C11H16N2O3S/c1-6(2)11-13-8(5-17-11)10(16)12-7(3)4-9(14)15/h5-7H,4H2,1-3H3,(H,12,16)(H,14,15). The molecule has 94 valence electrons. The van der Waals surface area contributed by atoms with E-state index in [0.717, 1.165) is 5.01 Å². The Morgan fingerprint density at radius 2 is 2.12 bits per heavy atom. The molecule has 0 spiro atoms. The Bertz CT molecular complexity index is 415. The molecule has 0 saturated heterocycles. The molecule has 0 aromatic carbocycles. The molecule has 0 bridgehead atoms. The van der Waals surface area contributed by atoms with Gasteiger partial charge in [0.05, 0.1) is 11.4 Å². The number of nitrogens with one attached hydrogen (secondary N) is 1. The van der Waals surface area contributed by atoms with Crippen LogP contribution in [0.5, 0.6) is 0 Å². The van der Waals surface area contributed by atoms with E-state index >= 15 is 0 Å². The van der Waals surface area contributed by atoms with E-state index in [0.29, 0.717) is 5.69 Å². The highest BCUT2D eigenvalue weighted by molar-refractivity contribution is 7.09. The van der Waals surface area contributed by atoms with Crippen LogP contribution >= 0.6 is 11.3 Å². The van der Waals surface area contributed by atoms with Crippen molar-refractivity contribution in [2.75, 3.05) is 0 Å². The molecule has 17 heavy (non-hydrogen) atoms. The van der Waals surface area contributed by atoms with Crippen molar-refractivity contribution in [1.82, 2.24) is 10.3 Å². The lowest BCUT2D eigenvalue weighted by molar-refractivity contribution is -0.137. The lowest BCUT2D eigenvalue weighted by atomic mass is 10.2. The fraction of sp³-hybridized carbons (Fsp3) is 0.545. The number of rotatable bonds is 5. The van der Waals surface area contributed by atoms with E-state index < -0.39 is 12.0 Å². The van der Waals surface area contributed by atoms with Crippen molar-refractivity contribution < 1.29 is 14.7 Å². The molecule has 1 amide bonds. The third-order valence-corrected chi connectivity index (χ3v) is 3.25. The van der Waals surface area contributed by atoms with Crippen molar-refractivity contribution in [1.29, 1.82) is 0 Å². The molecule has 0 saturated carbocycles. The predicted molar refractivity (Wildman–Crippen MR) is 65.4 cm³/mol. The highest BCUT2D eigenvalue weighted by Gasteiger charge is 2.16. The maximum atomic E-state index is 11.7. The largest absolute Gasteiger partial charge is 0.481 e. The quantitative estimate of drug-likeness (QED) is 0.842. The number of carbonyl (C=O) groups excluding carboxylic acids is 1. The number of thiazole rings is 1. The van der Waals surface area contributed by atoms with Crippen molar-refractivity contribution in [2.24, 2.45) is 0 Å². The Hall–Kier alpha value is -1.43. The molecule has 6 heteroatoms. The van der Waals surface area contributed by atoms with Crippen LogP contribution in [0.1, 0.15) is 48.6 Å². The second kappa shape index (κ2) is 5.77. The summed E-state index contributed by atoms with van der Waals surface area (Å²) in [6.07, 6.45) is -0.0904. The number of carboxylic acids is 1. The van der Waals surface area contributed by atoms with Gasteiger partial charge in [-0.1, -0.05) is 13.8 Å². The molecular formula is C11H16N2O3S. The first-order chi connectivity index (χ1) is 7.90. The average Bonchev–Trinajstić information content (AvgIpc) is 2.64. The van der Waals surface area contributed by atoms with Gasteiger partial charge < -0.3 is 10.4 Å². The minimum Gasteiger partial charge on any atom is -0.481 e. The second-order valence-electron chi connectivity index (χ2n) is 4.20. The van der Waals surface area contributed by atoms with Crippen LogP contribution in [0.2, 0.25) is 0 Å². The summed E-state index contributed by atoms with van der Waals surface area (Å²) in [5.74, 6) is -0.959. The number of carboxylic acid groups (broad SMARTS) is 1. The summed E-state index contributed by atoms with van der Waals surface area (Å²) in [5, 5.41) is 13.8. The van der Waals surface area contributed by atoms with Gasteiger partial charge in [0.25, 0.3) is 5.91 Å². The molecule has 1 aromatic heterocycles. The van der Waals surface area contributed by atoms with Gasteiger partial charge >= 0.3 is 5.97 Å². The molecule has 1 heterocycles. The van der Waals surface area contributed by atoms with Gasteiger partial charge in [0, 0.05) is 17.3 Å². The maximum absolute atomic E-state index is 11.7. The summed E-state index contributed by atoms with van der Waals surface area (Å²) < 4.78 is 0. The molecule has 0 aliphatic heterocycles. The van der Waals surface area contributed by atoms with Crippen LogP contribution in [0.15, 0.2) is 5.38 Å². The Morgan fingerprint density at radius 1 is 1.47 bits per heavy atom. The summed E-state index contributed by atoms with van der Waals surface area (Å²) in [6.45, 7) is 5.67. The van der Waals surface area contributed by atoms with Crippen LogP contribution in [0.4, 0.5) is 0 Å². The Kier molecular flexibility index (Phi) is 4.62. The molecule has 1 rings (SSSR count). The molecule has 1 unspecified atom stereocenters. The zero-order valence-corrected chi connectivity index (χ0v) is 10.9. The van der Waals surface area contributed by atoms with Crippen molar-refractivity contribution >= 4 is 23.2 Å². The molecule has 1 atom stereocenters. The number of hydrogen-bond acceptors (Lipinski definition) is 4. The molecule has 0 fully saturated rings. The number of amides is 1. The van der Waals surface area contributed by atoms with E-state index in [4.69, 9.17) is 5.11 Å². The first kappa shape index (κ1) is 13.6. The van der Waals surface area contributed by atoms with Gasteiger partial charge in [0.1, 0.15) is 5.69 Å². The van der Waals surface area contributed by atoms with Crippen LogP contribution in [0.25, 0.3) is 0 Å². The zero-order chi connectivity index (χ0) is 13.0. The normalized spacial score (nSPS) is 12.5. The van der Waals surface area contributed by atoms with Gasteiger partial charge in [0.2, 0.25) is 0 Å². The minimum absolute atomic E-state index is 0.0904. The van der Waals surface area contributed by atoms with Gasteiger partial charge in [-0.2, -0.15) is 0 Å². The number of aliphatic carboxylic acids is 1. The van der Waals surface area contributed by atoms with Crippen molar-refractivity contribution in [3.05, 3.63) is 16.1 Å². The van der Waals surface area contributed by atoms with Crippen molar-refractivity contribution in [3.63, 3.8) is 0 Å². The Balaban J connectivity index is 2.60. The highest BCUT2D eigenvalue weighted by atomic mass is 32.1. The van der Waals surface area contributed by atoms with Gasteiger partial charge in [-0.3, -0.25) is 9.59 Å². The Labute approximate surface area is 104 Å². The lowest BCUT2D eigenvalue weighted by Crippen LogP contribution is -2.34. The third-order valence-electron chi connectivity index (χ3n) is 2.11. The van der Waals surface area contributed by atoms with Gasteiger partial charge in [0.15, 0.2) is 0 Å². The number of hydrogen-bond donors (Lipinski definition) is 2. The topological polar surface area (TPSA) is 79.3 Å². The maximum Gasteiger partial charge on any atom is 0.305 e. The minimum atomic E-state index is -0.932. The number of aromatic nitrogens is 1. The van der Waals surface area contributed by atoms with Gasteiger partial charge in [-0.15, -0.1) is 11.3 Å². The van der Waals surface area contributed by atoms with E-state index in [1.54, 1.807) is 12.3 Å². The van der Waals surface area contributed by atoms with Gasteiger partial charge in [-0.05, 0) is 6.92 Å². The summed E-state index contributed by atoms with van der Waals surface area (Å²) in [6, 6.07) is -0.399. The first-order valence-corrected chi connectivity index (χ1v) is 6.26. The van der Waals surface area contributed by atoms with E-state index in [2.05, 4.69) is 10.3 Å². The SMILES string of the molecule is CC(CC(=O)O)NC(=O)c1csc(C(C)C)n1. The van der Waals surface area contributed by atoms with E-state index in [-0.39, 0.29) is 18.2 Å². The fourth-order valence-corrected chi connectivity index (χ4v) is 2.08. The average molecular weight is 256 g/mol. The van der Waals surface area contributed by atoms with E-state index in [1.165, 1.54) is 11.3 Å². The predicted octanol–water partition coefficient (Wildman–Crippen LogP) is 1.86. The smallest absolute Gasteiger partial charge is 0.305 e. The number of nitrogens with zero attached hydrogens (tertiary/aromatic N) is 1. The molecule has 0 aliphatic rings. The lowest BCUT2D eigenvalue weighted by Gasteiger charge is -2.09. The fourth-order valence-electron chi connectivity index (χ4n) is 1.27.